The highest BCUT2D eigenvalue weighted by atomic mass is 32.1. The highest BCUT2D eigenvalue weighted by Crippen LogP contribution is 2.62. The zero-order valence-electron chi connectivity index (χ0n) is 19.9. The van der Waals surface area contributed by atoms with Gasteiger partial charge in [0.25, 0.3) is 0 Å². The third-order valence-corrected chi connectivity index (χ3v) is 9.57. The molecule has 6 nitrogen and oxygen atoms in total. The van der Waals surface area contributed by atoms with E-state index in [1.54, 1.807) is 6.20 Å². The highest BCUT2D eigenvalue weighted by Gasteiger charge is 2.58. The number of carbonyl (C=O) groups is 2. The Morgan fingerprint density at radius 1 is 1.32 bits per heavy atom. The fraction of sp³-hybridized carbons (Fsp3) is 0.577. The standard InChI is InChI=1S/C26H33BN2O4S/c1-15-14-28-25(34-15)29-23(31)5-3-4-17-13-22(30)26(2)11-10-20-19-9-7-18(27(32)33)12-16(19)6-8-21(20)24(17)26/h7,9,12,14,17,20-21,24,32-33H,3-6,8,10-11,13H2,1-2H3,(H,28,29,31)/t17-,20?,21?,24?,26+/m0/s1. The van der Waals surface area contributed by atoms with Crippen molar-refractivity contribution in [2.45, 2.75) is 71.1 Å². The minimum Gasteiger partial charge on any atom is -0.423 e. The van der Waals surface area contributed by atoms with Gasteiger partial charge in [-0.25, -0.2) is 4.98 Å². The fourth-order valence-corrected chi connectivity index (χ4v) is 7.89. The molecule has 5 rings (SSSR count). The van der Waals surface area contributed by atoms with E-state index < -0.39 is 7.12 Å². The number of nitrogens with one attached hydrogen (secondary N) is 1. The molecule has 5 atom stereocenters. The second-order valence-corrected chi connectivity index (χ2v) is 12.0. The molecule has 3 aliphatic rings. The molecule has 2 saturated carbocycles. The van der Waals surface area contributed by atoms with Gasteiger partial charge in [-0.15, -0.1) is 11.3 Å². The average Bonchev–Trinajstić information content (AvgIpc) is 3.32. The zero-order valence-corrected chi connectivity index (χ0v) is 20.7. The van der Waals surface area contributed by atoms with Crippen LogP contribution in [0.3, 0.4) is 0 Å². The Labute approximate surface area is 205 Å². The van der Waals surface area contributed by atoms with Crippen molar-refractivity contribution in [2.24, 2.45) is 23.2 Å². The number of hydrogen-bond donors (Lipinski definition) is 3. The van der Waals surface area contributed by atoms with Crippen LogP contribution in [0.2, 0.25) is 0 Å². The Morgan fingerprint density at radius 2 is 2.15 bits per heavy atom. The first kappa shape index (κ1) is 23.7. The molecule has 180 valence electrons. The van der Waals surface area contributed by atoms with Gasteiger partial charge in [0.2, 0.25) is 5.91 Å². The van der Waals surface area contributed by atoms with Gasteiger partial charge in [-0.2, -0.15) is 0 Å². The number of benzene rings is 1. The SMILES string of the molecule is Cc1cnc(NC(=O)CCC[C@H]2CC(=O)[C@@]3(C)CCC4c5ccc(B(O)O)cc5CCC4C23)s1. The molecule has 1 amide bonds. The van der Waals surface area contributed by atoms with Crippen molar-refractivity contribution in [1.82, 2.24) is 4.98 Å². The van der Waals surface area contributed by atoms with E-state index in [1.807, 2.05) is 19.1 Å². The van der Waals surface area contributed by atoms with Gasteiger partial charge >= 0.3 is 7.12 Å². The Morgan fingerprint density at radius 3 is 2.88 bits per heavy atom. The Hall–Kier alpha value is -2.03. The van der Waals surface area contributed by atoms with Crippen molar-refractivity contribution >= 4 is 40.7 Å². The summed E-state index contributed by atoms with van der Waals surface area (Å²) in [4.78, 5) is 30.9. The molecule has 1 aromatic carbocycles. The molecule has 3 N–H and O–H groups in total. The molecule has 2 aromatic rings. The lowest BCUT2D eigenvalue weighted by Crippen LogP contribution is -2.44. The monoisotopic (exact) mass is 480 g/mol. The van der Waals surface area contributed by atoms with E-state index in [4.69, 9.17) is 0 Å². The Bertz CT molecular complexity index is 1100. The third-order valence-electron chi connectivity index (χ3n) is 8.74. The van der Waals surface area contributed by atoms with Crippen LogP contribution in [-0.2, 0) is 16.0 Å². The summed E-state index contributed by atoms with van der Waals surface area (Å²) in [6.45, 7) is 4.16. The summed E-state index contributed by atoms with van der Waals surface area (Å²) in [5.41, 5.74) is 2.87. The van der Waals surface area contributed by atoms with Gasteiger partial charge in [-0.1, -0.05) is 25.1 Å². The van der Waals surface area contributed by atoms with E-state index in [0.717, 1.165) is 43.4 Å². The molecule has 2 fully saturated rings. The zero-order chi connectivity index (χ0) is 24.0. The van der Waals surface area contributed by atoms with E-state index in [9.17, 15) is 19.6 Å². The van der Waals surface area contributed by atoms with Crippen LogP contribution in [0.5, 0.6) is 0 Å². The molecule has 0 radical (unpaired) electrons. The molecule has 3 unspecified atom stereocenters. The van der Waals surface area contributed by atoms with Crippen LogP contribution in [0.25, 0.3) is 0 Å². The number of ketones is 1. The van der Waals surface area contributed by atoms with Crippen LogP contribution in [0.4, 0.5) is 5.13 Å². The molecule has 1 aromatic heterocycles. The van der Waals surface area contributed by atoms with Gasteiger partial charge in [0.05, 0.1) is 0 Å². The molecule has 1 heterocycles. The van der Waals surface area contributed by atoms with Crippen molar-refractivity contribution < 1.29 is 19.6 Å². The summed E-state index contributed by atoms with van der Waals surface area (Å²) in [5.74, 6) is 2.00. The highest BCUT2D eigenvalue weighted by molar-refractivity contribution is 7.15. The number of anilines is 1. The predicted octanol–water partition coefficient (Wildman–Crippen LogP) is 3.59. The smallest absolute Gasteiger partial charge is 0.423 e. The minimum atomic E-state index is -1.44. The largest absolute Gasteiger partial charge is 0.488 e. The summed E-state index contributed by atoms with van der Waals surface area (Å²) < 4.78 is 0. The number of Topliss-reactive ketones (excluding diaryl/α,β-unsaturated/α-hetero) is 1. The van der Waals surface area contributed by atoms with Crippen LogP contribution in [-0.4, -0.2) is 33.8 Å². The molecule has 8 heteroatoms. The van der Waals surface area contributed by atoms with Crippen molar-refractivity contribution in [2.75, 3.05) is 5.32 Å². The van der Waals surface area contributed by atoms with Gasteiger partial charge in [-0.05, 0) is 85.7 Å². The lowest BCUT2D eigenvalue weighted by atomic mass is 9.53. The van der Waals surface area contributed by atoms with Gasteiger partial charge < -0.3 is 15.4 Å². The quantitative estimate of drug-likeness (QED) is 0.549. The number of hydrogen-bond acceptors (Lipinski definition) is 6. The molecule has 34 heavy (non-hydrogen) atoms. The molecule has 0 spiro atoms. The second-order valence-electron chi connectivity index (χ2n) is 10.7. The molecule has 0 bridgehead atoms. The first-order valence-electron chi connectivity index (χ1n) is 12.5. The van der Waals surface area contributed by atoms with Gasteiger partial charge in [0.1, 0.15) is 5.78 Å². The van der Waals surface area contributed by atoms with Crippen LogP contribution < -0.4 is 10.8 Å². The second kappa shape index (κ2) is 9.21. The van der Waals surface area contributed by atoms with E-state index in [2.05, 4.69) is 23.3 Å². The number of nitrogens with zero attached hydrogens (tertiary/aromatic N) is 1. The molecular formula is C26H33BN2O4S. The summed E-state index contributed by atoms with van der Waals surface area (Å²) in [5, 5.41) is 22.7. The molecule has 3 aliphatic carbocycles. The Kier molecular flexibility index (Phi) is 6.42. The van der Waals surface area contributed by atoms with Crippen LogP contribution >= 0.6 is 11.3 Å². The number of carbonyl (C=O) groups excluding carboxylic acids is 2. The lowest BCUT2D eigenvalue weighted by Gasteiger charge is -2.50. The van der Waals surface area contributed by atoms with E-state index >= 15 is 0 Å². The number of rotatable bonds is 6. The van der Waals surface area contributed by atoms with E-state index in [0.29, 0.717) is 52.9 Å². The van der Waals surface area contributed by atoms with Crippen molar-refractivity contribution in [1.29, 1.82) is 0 Å². The number of aromatic nitrogens is 1. The van der Waals surface area contributed by atoms with Crippen molar-refractivity contribution in [3.63, 3.8) is 0 Å². The number of fused-ring (bicyclic) bond motifs is 5. The average molecular weight is 480 g/mol. The topological polar surface area (TPSA) is 99.5 Å². The van der Waals surface area contributed by atoms with Gasteiger partial charge in [0, 0.05) is 29.3 Å². The number of amides is 1. The minimum absolute atomic E-state index is 0.00331. The van der Waals surface area contributed by atoms with Crippen LogP contribution in [0.1, 0.15) is 73.8 Å². The van der Waals surface area contributed by atoms with Gasteiger partial charge in [-0.3, -0.25) is 9.59 Å². The molecule has 0 saturated heterocycles. The molecule has 0 aliphatic heterocycles. The third kappa shape index (κ3) is 4.25. The van der Waals surface area contributed by atoms with Crippen molar-refractivity contribution in [3.8, 4) is 0 Å². The van der Waals surface area contributed by atoms with Crippen LogP contribution in [0.15, 0.2) is 24.4 Å². The predicted molar refractivity (Wildman–Crippen MR) is 134 cm³/mol. The number of aryl methyl sites for hydroxylation is 2. The van der Waals surface area contributed by atoms with Crippen molar-refractivity contribution in [3.05, 3.63) is 40.4 Å². The van der Waals surface area contributed by atoms with Crippen LogP contribution in [0, 0.1) is 30.1 Å². The first-order valence-corrected chi connectivity index (χ1v) is 13.3. The lowest BCUT2D eigenvalue weighted by molar-refractivity contribution is -0.129. The van der Waals surface area contributed by atoms with Gasteiger partial charge in [0.15, 0.2) is 5.13 Å². The maximum atomic E-state index is 13.2. The summed E-state index contributed by atoms with van der Waals surface area (Å²) in [6.07, 6.45) is 8.43. The summed E-state index contributed by atoms with van der Waals surface area (Å²) in [6, 6.07) is 5.86. The maximum absolute atomic E-state index is 13.2. The Balaban J connectivity index is 1.28. The number of thiazole rings is 1. The normalized spacial score (nSPS) is 29.8. The fourth-order valence-electron chi connectivity index (χ4n) is 7.21. The summed E-state index contributed by atoms with van der Waals surface area (Å²) >= 11 is 1.48. The maximum Gasteiger partial charge on any atom is 0.488 e. The van der Waals surface area contributed by atoms with E-state index in [1.165, 1.54) is 22.5 Å². The van der Waals surface area contributed by atoms with E-state index in [-0.39, 0.29) is 11.3 Å². The summed E-state index contributed by atoms with van der Waals surface area (Å²) in [7, 11) is -1.44. The first-order chi connectivity index (χ1) is 16.3. The molecular weight excluding hydrogens is 447 g/mol.